The van der Waals surface area contributed by atoms with Crippen molar-refractivity contribution in [3.63, 3.8) is 0 Å². The summed E-state index contributed by atoms with van der Waals surface area (Å²) in [5.41, 5.74) is 1.79. The molecule has 1 fully saturated rings. The number of carbonyl (C=O) groups is 1. The molecule has 98 valence electrons. The van der Waals surface area contributed by atoms with E-state index < -0.39 is 0 Å². The highest BCUT2D eigenvalue weighted by molar-refractivity contribution is 5.92. The first-order valence-corrected chi connectivity index (χ1v) is 6.78. The van der Waals surface area contributed by atoms with E-state index in [1.54, 1.807) is 0 Å². The number of rotatable bonds is 1. The van der Waals surface area contributed by atoms with Gasteiger partial charge in [0.1, 0.15) is 0 Å². The van der Waals surface area contributed by atoms with Gasteiger partial charge in [0, 0.05) is 32.7 Å². The fourth-order valence-electron chi connectivity index (χ4n) is 2.81. The number of amides is 1. The van der Waals surface area contributed by atoms with E-state index in [0.717, 1.165) is 57.7 Å². The van der Waals surface area contributed by atoms with Crippen molar-refractivity contribution in [2.75, 3.05) is 26.7 Å². The Balaban J connectivity index is 1.81. The molecule has 0 bridgehead atoms. The molecule has 0 spiro atoms. The summed E-state index contributed by atoms with van der Waals surface area (Å²) >= 11 is 0. The smallest absolute Gasteiger partial charge is 0.274 e. The molecule has 1 saturated heterocycles. The van der Waals surface area contributed by atoms with Crippen molar-refractivity contribution >= 4 is 5.91 Å². The van der Waals surface area contributed by atoms with Crippen LogP contribution in [0, 0.1) is 0 Å². The summed E-state index contributed by atoms with van der Waals surface area (Å²) in [6.45, 7) is 4.69. The number of hydrogen-bond donors (Lipinski definition) is 0. The van der Waals surface area contributed by atoms with Gasteiger partial charge in [0.25, 0.3) is 5.91 Å². The van der Waals surface area contributed by atoms with E-state index >= 15 is 0 Å². The zero-order valence-corrected chi connectivity index (χ0v) is 10.9. The van der Waals surface area contributed by atoms with Gasteiger partial charge in [0.2, 0.25) is 0 Å². The molecule has 1 aromatic heterocycles. The standard InChI is InChI=1S/C13H20N4O/c1-15-5-4-8-17-11(10-15)9-12(14-17)13(18)16-6-2-3-7-16/h9H,2-8,10H2,1H3. The van der Waals surface area contributed by atoms with E-state index in [4.69, 9.17) is 0 Å². The van der Waals surface area contributed by atoms with E-state index in [9.17, 15) is 4.79 Å². The van der Waals surface area contributed by atoms with Crippen molar-refractivity contribution in [2.24, 2.45) is 0 Å². The quantitative estimate of drug-likeness (QED) is 0.743. The number of aryl methyl sites for hydroxylation is 1. The highest BCUT2D eigenvalue weighted by Gasteiger charge is 2.23. The molecule has 0 saturated carbocycles. The van der Waals surface area contributed by atoms with Crippen LogP contribution in [0.2, 0.25) is 0 Å². The number of likely N-dealkylation sites (tertiary alicyclic amines) is 1. The second kappa shape index (κ2) is 4.72. The summed E-state index contributed by atoms with van der Waals surface area (Å²) in [5, 5.41) is 4.49. The normalized spacial score (nSPS) is 20.8. The lowest BCUT2D eigenvalue weighted by atomic mass is 10.3. The third kappa shape index (κ3) is 2.14. The van der Waals surface area contributed by atoms with E-state index in [0.29, 0.717) is 5.69 Å². The van der Waals surface area contributed by atoms with Gasteiger partial charge in [-0.25, -0.2) is 0 Å². The Morgan fingerprint density at radius 3 is 2.72 bits per heavy atom. The lowest BCUT2D eigenvalue weighted by Gasteiger charge is -2.13. The molecule has 0 unspecified atom stereocenters. The number of hydrogen-bond acceptors (Lipinski definition) is 3. The molecule has 0 N–H and O–H groups in total. The van der Waals surface area contributed by atoms with Crippen LogP contribution in [0.15, 0.2) is 6.07 Å². The van der Waals surface area contributed by atoms with E-state index in [2.05, 4.69) is 17.0 Å². The van der Waals surface area contributed by atoms with Crippen LogP contribution in [-0.2, 0) is 13.1 Å². The van der Waals surface area contributed by atoms with E-state index in [1.165, 1.54) is 0 Å². The van der Waals surface area contributed by atoms with Gasteiger partial charge < -0.3 is 9.80 Å². The lowest BCUT2D eigenvalue weighted by Crippen LogP contribution is -2.28. The number of nitrogens with zero attached hydrogens (tertiary/aromatic N) is 4. The molecule has 2 aliphatic heterocycles. The fourth-order valence-corrected chi connectivity index (χ4v) is 2.81. The summed E-state index contributed by atoms with van der Waals surface area (Å²) in [6, 6.07) is 1.97. The van der Waals surface area contributed by atoms with Gasteiger partial charge in [-0.05, 0) is 32.4 Å². The maximum atomic E-state index is 12.3. The maximum absolute atomic E-state index is 12.3. The van der Waals surface area contributed by atoms with Gasteiger partial charge in [-0.3, -0.25) is 9.48 Å². The predicted molar refractivity (Wildman–Crippen MR) is 68.3 cm³/mol. The first kappa shape index (κ1) is 11.7. The van der Waals surface area contributed by atoms with Crippen molar-refractivity contribution in [3.05, 3.63) is 17.5 Å². The highest BCUT2D eigenvalue weighted by Crippen LogP contribution is 2.16. The molecule has 1 aromatic rings. The van der Waals surface area contributed by atoms with Gasteiger partial charge >= 0.3 is 0 Å². The second-order valence-electron chi connectivity index (χ2n) is 5.33. The third-order valence-corrected chi connectivity index (χ3v) is 3.82. The predicted octanol–water partition coefficient (Wildman–Crippen LogP) is 0.955. The van der Waals surface area contributed by atoms with Gasteiger partial charge in [-0.2, -0.15) is 5.10 Å². The van der Waals surface area contributed by atoms with Crippen molar-refractivity contribution < 1.29 is 4.79 Å². The number of fused-ring (bicyclic) bond motifs is 1. The molecule has 0 aliphatic carbocycles. The van der Waals surface area contributed by atoms with Crippen LogP contribution in [0.3, 0.4) is 0 Å². The fraction of sp³-hybridized carbons (Fsp3) is 0.692. The van der Waals surface area contributed by atoms with Gasteiger partial charge in [0.15, 0.2) is 5.69 Å². The first-order chi connectivity index (χ1) is 8.74. The Hall–Kier alpha value is -1.36. The largest absolute Gasteiger partial charge is 0.337 e. The monoisotopic (exact) mass is 248 g/mol. The van der Waals surface area contributed by atoms with Crippen LogP contribution in [0.1, 0.15) is 35.4 Å². The van der Waals surface area contributed by atoms with Crippen LogP contribution in [0.5, 0.6) is 0 Å². The van der Waals surface area contributed by atoms with E-state index in [-0.39, 0.29) is 5.91 Å². The minimum atomic E-state index is 0.107. The topological polar surface area (TPSA) is 41.4 Å². The van der Waals surface area contributed by atoms with Crippen LogP contribution in [0.25, 0.3) is 0 Å². The van der Waals surface area contributed by atoms with Crippen molar-refractivity contribution in [1.82, 2.24) is 19.6 Å². The second-order valence-corrected chi connectivity index (χ2v) is 5.33. The molecule has 0 radical (unpaired) electrons. The SMILES string of the molecule is CN1CCCn2nc(C(=O)N3CCCC3)cc2C1. The molecule has 3 heterocycles. The Morgan fingerprint density at radius 2 is 1.94 bits per heavy atom. The van der Waals surface area contributed by atoms with Crippen LogP contribution in [-0.4, -0.2) is 52.2 Å². The number of carbonyl (C=O) groups excluding carboxylic acids is 1. The third-order valence-electron chi connectivity index (χ3n) is 3.82. The maximum Gasteiger partial charge on any atom is 0.274 e. The Morgan fingerprint density at radius 1 is 1.17 bits per heavy atom. The van der Waals surface area contributed by atoms with Crippen molar-refractivity contribution in [3.8, 4) is 0 Å². The Kier molecular flexibility index (Phi) is 3.07. The minimum absolute atomic E-state index is 0.107. The average molecular weight is 248 g/mol. The van der Waals surface area contributed by atoms with Gasteiger partial charge in [-0.15, -0.1) is 0 Å². The molecule has 3 rings (SSSR count). The molecule has 18 heavy (non-hydrogen) atoms. The molecular weight excluding hydrogens is 228 g/mol. The summed E-state index contributed by atoms with van der Waals surface area (Å²) in [7, 11) is 2.12. The number of aromatic nitrogens is 2. The zero-order valence-electron chi connectivity index (χ0n) is 10.9. The zero-order chi connectivity index (χ0) is 12.5. The van der Waals surface area contributed by atoms with Crippen LogP contribution < -0.4 is 0 Å². The summed E-state index contributed by atoms with van der Waals surface area (Å²) < 4.78 is 2.01. The lowest BCUT2D eigenvalue weighted by molar-refractivity contribution is 0.0786. The molecule has 5 heteroatoms. The van der Waals surface area contributed by atoms with E-state index in [1.807, 2.05) is 15.6 Å². The summed E-state index contributed by atoms with van der Waals surface area (Å²) in [5.74, 6) is 0.107. The Labute approximate surface area is 107 Å². The van der Waals surface area contributed by atoms with Crippen LogP contribution in [0.4, 0.5) is 0 Å². The highest BCUT2D eigenvalue weighted by atomic mass is 16.2. The average Bonchev–Trinajstić information content (AvgIpc) is 2.96. The summed E-state index contributed by atoms with van der Waals surface area (Å²) in [6.07, 6.45) is 3.35. The molecule has 0 aromatic carbocycles. The molecular formula is C13H20N4O. The van der Waals surface area contributed by atoms with Crippen molar-refractivity contribution in [1.29, 1.82) is 0 Å². The molecule has 1 amide bonds. The van der Waals surface area contributed by atoms with Gasteiger partial charge in [0.05, 0.1) is 5.69 Å². The first-order valence-electron chi connectivity index (χ1n) is 6.78. The van der Waals surface area contributed by atoms with Crippen molar-refractivity contribution in [2.45, 2.75) is 32.4 Å². The Bertz CT molecular complexity index is 448. The minimum Gasteiger partial charge on any atom is -0.337 e. The van der Waals surface area contributed by atoms with Crippen LogP contribution >= 0.6 is 0 Å². The molecule has 5 nitrogen and oxygen atoms in total. The molecule has 0 atom stereocenters. The molecule has 2 aliphatic rings. The summed E-state index contributed by atoms with van der Waals surface area (Å²) in [4.78, 5) is 16.5. The van der Waals surface area contributed by atoms with Gasteiger partial charge in [-0.1, -0.05) is 0 Å².